The zero-order valence-corrected chi connectivity index (χ0v) is 25.7. The van der Waals surface area contributed by atoms with Gasteiger partial charge in [-0.2, -0.15) is 0 Å². The molecule has 5 aliphatic rings. The van der Waals surface area contributed by atoms with Crippen molar-refractivity contribution in [2.75, 3.05) is 33.4 Å². The number of β-amino-alcohol motifs (C(OH)–C–C–N with tert-alkyl or cyclic N) is 1. The second kappa shape index (κ2) is 13.4. The van der Waals surface area contributed by atoms with Crippen LogP contribution in [0.2, 0.25) is 0 Å². The number of nitrogens with zero attached hydrogens (tertiary/aromatic N) is 2. The third-order valence-electron chi connectivity index (χ3n) is 9.96. The molecule has 6 rings (SSSR count). The number of cyclic esters (lactones) is 1. The number of nitrogens with one attached hydrogen (secondary N) is 1. The average Bonchev–Trinajstić information content (AvgIpc) is 3.69. The molecule has 0 unspecified atom stereocenters. The average molecular weight is 622 g/mol. The first kappa shape index (κ1) is 31.4. The van der Waals surface area contributed by atoms with E-state index < -0.39 is 53.6 Å². The molecule has 4 aliphatic heterocycles. The first-order chi connectivity index (χ1) is 21.9. The minimum atomic E-state index is -1.36. The van der Waals surface area contributed by atoms with Crippen molar-refractivity contribution in [2.45, 2.75) is 80.9 Å². The van der Waals surface area contributed by atoms with E-state index in [2.05, 4.69) is 5.32 Å². The summed E-state index contributed by atoms with van der Waals surface area (Å²) in [6.45, 7) is 0.0192. The summed E-state index contributed by atoms with van der Waals surface area (Å²) in [5, 5.41) is 13.0. The molecule has 5 bridgehead atoms. The summed E-state index contributed by atoms with van der Waals surface area (Å²) in [7, 11) is 1.52. The van der Waals surface area contributed by atoms with Crippen molar-refractivity contribution >= 4 is 23.7 Å². The van der Waals surface area contributed by atoms with Crippen molar-refractivity contribution in [3.05, 3.63) is 60.2 Å². The molecule has 0 aromatic heterocycles. The number of allylic oxidation sites excluding steroid dienone is 1. The van der Waals surface area contributed by atoms with Gasteiger partial charge in [-0.05, 0) is 24.8 Å². The Balaban J connectivity index is 1.42. The van der Waals surface area contributed by atoms with E-state index in [1.807, 2.05) is 47.4 Å². The van der Waals surface area contributed by atoms with Crippen molar-refractivity contribution in [3.63, 3.8) is 0 Å². The highest BCUT2D eigenvalue weighted by Crippen LogP contribution is 2.56. The molecule has 1 saturated carbocycles. The lowest BCUT2D eigenvalue weighted by Gasteiger charge is -2.40. The highest BCUT2D eigenvalue weighted by molar-refractivity contribution is 5.99. The van der Waals surface area contributed by atoms with Crippen LogP contribution < -0.4 is 5.32 Å². The van der Waals surface area contributed by atoms with E-state index >= 15 is 0 Å². The van der Waals surface area contributed by atoms with Crippen LogP contribution in [0, 0.1) is 11.8 Å². The number of amides is 3. The SMILES string of the molecule is COC[C@H]1NC(=O)CC/C=C\CN(C2CCCCC2)C(=O)[C@@H]2N(CCO)C(=O)[C@H]3[C@H](C(=O)O[C@@H]1c1ccccc1)[C@@H]1C=C[C@]23O1. The maximum atomic E-state index is 14.6. The molecule has 242 valence electrons. The Kier molecular flexibility index (Phi) is 9.39. The van der Waals surface area contributed by atoms with Crippen LogP contribution in [0.1, 0.15) is 56.6 Å². The number of methoxy groups -OCH3 is 1. The van der Waals surface area contributed by atoms with Crippen LogP contribution in [-0.2, 0) is 33.4 Å². The van der Waals surface area contributed by atoms with Crippen LogP contribution in [-0.4, -0.2) is 102 Å². The molecular weight excluding hydrogens is 578 g/mol. The maximum Gasteiger partial charge on any atom is 0.313 e. The number of aliphatic hydroxyl groups excluding tert-OH is 1. The highest BCUT2D eigenvalue weighted by Gasteiger charge is 2.73. The molecule has 11 heteroatoms. The second-order valence-corrected chi connectivity index (χ2v) is 12.6. The Hall–Kier alpha value is -3.54. The molecule has 3 fully saturated rings. The third-order valence-corrected chi connectivity index (χ3v) is 9.96. The molecule has 1 aliphatic carbocycles. The largest absolute Gasteiger partial charge is 0.455 e. The standard InChI is InChI=1S/C34H43N3O8/c1-43-21-24-29(22-11-5-2-6-12-22)44-33(42)27-25-16-17-34(45-25)28(27)31(40)37(19-20-38)30(34)32(41)36(23-13-7-3-8-14-23)18-10-4-9-15-26(39)35-24/h2,4-6,10-12,16-17,23-25,27-30,38H,3,7-9,13-15,18-21H2,1H3,(H,35,39)/b10-4-/t24-,25+,27-,28-,29-,30+,34-/m1/s1. The van der Waals surface area contributed by atoms with Gasteiger partial charge in [0.2, 0.25) is 17.7 Å². The minimum Gasteiger partial charge on any atom is -0.455 e. The van der Waals surface area contributed by atoms with Gasteiger partial charge in [0, 0.05) is 32.7 Å². The summed E-state index contributed by atoms with van der Waals surface area (Å²) in [5.41, 5.74) is -0.693. The Labute approximate surface area is 263 Å². The topological polar surface area (TPSA) is 135 Å². The normalized spacial score (nSPS) is 35.0. The zero-order valence-electron chi connectivity index (χ0n) is 25.7. The van der Waals surface area contributed by atoms with E-state index in [1.165, 1.54) is 12.0 Å². The molecule has 0 radical (unpaired) electrons. The number of esters is 1. The van der Waals surface area contributed by atoms with Crippen LogP contribution in [0.25, 0.3) is 0 Å². The fourth-order valence-corrected chi connectivity index (χ4v) is 7.95. The van der Waals surface area contributed by atoms with Crippen LogP contribution >= 0.6 is 0 Å². The molecule has 11 nitrogen and oxygen atoms in total. The lowest BCUT2D eigenvalue weighted by molar-refractivity contribution is -0.162. The molecule has 4 heterocycles. The van der Waals surface area contributed by atoms with Gasteiger partial charge < -0.3 is 34.4 Å². The van der Waals surface area contributed by atoms with Gasteiger partial charge in [-0.25, -0.2) is 0 Å². The summed E-state index contributed by atoms with van der Waals surface area (Å²) >= 11 is 0. The molecule has 3 amide bonds. The molecular formula is C34H43N3O8. The molecule has 1 aromatic carbocycles. The molecule has 2 saturated heterocycles. The lowest BCUT2D eigenvalue weighted by Crippen LogP contribution is -2.58. The number of likely N-dealkylation sites (tertiary alicyclic amines) is 1. The first-order valence-electron chi connectivity index (χ1n) is 16.2. The van der Waals surface area contributed by atoms with Crippen molar-refractivity contribution in [1.29, 1.82) is 0 Å². The van der Waals surface area contributed by atoms with Crippen LogP contribution in [0.4, 0.5) is 0 Å². The quantitative estimate of drug-likeness (QED) is 0.364. The van der Waals surface area contributed by atoms with Gasteiger partial charge in [-0.3, -0.25) is 19.2 Å². The monoisotopic (exact) mass is 621 g/mol. The summed E-state index contributed by atoms with van der Waals surface area (Å²) in [6.07, 6.45) is 11.2. The summed E-state index contributed by atoms with van der Waals surface area (Å²) in [4.78, 5) is 59.4. The number of fused-ring (bicyclic) bond motifs is 2. The number of carbonyl (C=O) groups is 4. The first-order valence-corrected chi connectivity index (χ1v) is 16.2. The van der Waals surface area contributed by atoms with Gasteiger partial charge >= 0.3 is 5.97 Å². The van der Waals surface area contributed by atoms with Gasteiger partial charge in [0.05, 0.1) is 31.3 Å². The Morgan fingerprint density at radius 3 is 2.56 bits per heavy atom. The van der Waals surface area contributed by atoms with Crippen molar-refractivity contribution < 1.29 is 38.5 Å². The van der Waals surface area contributed by atoms with E-state index in [9.17, 15) is 24.3 Å². The Morgan fingerprint density at radius 2 is 1.82 bits per heavy atom. The lowest BCUT2D eigenvalue weighted by atomic mass is 9.74. The van der Waals surface area contributed by atoms with E-state index in [1.54, 1.807) is 12.2 Å². The molecule has 7 atom stereocenters. The number of hydrogen-bond acceptors (Lipinski definition) is 8. The maximum absolute atomic E-state index is 14.6. The minimum absolute atomic E-state index is 0.00686. The van der Waals surface area contributed by atoms with Crippen LogP contribution in [0.15, 0.2) is 54.6 Å². The van der Waals surface area contributed by atoms with E-state index in [4.69, 9.17) is 14.2 Å². The summed E-state index contributed by atoms with van der Waals surface area (Å²) in [5.74, 6) is -3.53. The number of hydrogen-bond donors (Lipinski definition) is 2. The Morgan fingerprint density at radius 1 is 1.04 bits per heavy atom. The number of benzene rings is 1. The van der Waals surface area contributed by atoms with Gasteiger partial charge in [-0.15, -0.1) is 0 Å². The molecule has 45 heavy (non-hydrogen) atoms. The van der Waals surface area contributed by atoms with E-state index in [-0.39, 0.29) is 44.0 Å². The summed E-state index contributed by atoms with van der Waals surface area (Å²) in [6, 6.07) is 7.39. The number of ether oxygens (including phenoxy) is 3. The van der Waals surface area contributed by atoms with Crippen LogP contribution in [0.5, 0.6) is 0 Å². The van der Waals surface area contributed by atoms with Crippen LogP contribution in [0.3, 0.4) is 0 Å². The molecule has 2 N–H and O–H groups in total. The van der Waals surface area contributed by atoms with Crippen molar-refractivity contribution in [3.8, 4) is 0 Å². The van der Waals surface area contributed by atoms with E-state index in [0.717, 1.165) is 32.1 Å². The third kappa shape index (κ3) is 5.81. The van der Waals surface area contributed by atoms with Gasteiger partial charge in [0.25, 0.3) is 0 Å². The van der Waals surface area contributed by atoms with Crippen molar-refractivity contribution in [2.24, 2.45) is 11.8 Å². The second-order valence-electron chi connectivity index (χ2n) is 12.6. The molecule has 1 aromatic rings. The van der Waals surface area contributed by atoms with Gasteiger partial charge in [-0.1, -0.05) is 73.9 Å². The summed E-state index contributed by atoms with van der Waals surface area (Å²) < 4.78 is 18.2. The predicted octanol–water partition coefficient (Wildman–Crippen LogP) is 2.06. The van der Waals surface area contributed by atoms with Crippen molar-refractivity contribution in [1.82, 2.24) is 15.1 Å². The number of rotatable bonds is 6. The van der Waals surface area contributed by atoms with E-state index in [0.29, 0.717) is 18.5 Å². The highest BCUT2D eigenvalue weighted by atomic mass is 16.6. The number of aliphatic hydroxyl groups is 1. The predicted molar refractivity (Wildman–Crippen MR) is 162 cm³/mol. The van der Waals surface area contributed by atoms with Gasteiger partial charge in [0.15, 0.2) is 0 Å². The number of carbonyl (C=O) groups excluding carboxylic acids is 4. The smallest absolute Gasteiger partial charge is 0.313 e. The van der Waals surface area contributed by atoms with Gasteiger partial charge in [0.1, 0.15) is 23.7 Å². The fraction of sp³-hybridized carbons (Fsp3) is 0.588. The molecule has 1 spiro atoms. The zero-order chi connectivity index (χ0) is 31.6. The fourth-order valence-electron chi connectivity index (χ4n) is 7.95. The Bertz CT molecular complexity index is 1330.